The molecular formula is C23H22N2OS. The summed E-state index contributed by atoms with van der Waals surface area (Å²) in [5.41, 5.74) is 1.12. The van der Waals surface area contributed by atoms with Gasteiger partial charge in [0.05, 0.1) is 16.6 Å². The predicted molar refractivity (Wildman–Crippen MR) is 114 cm³/mol. The van der Waals surface area contributed by atoms with Crippen molar-refractivity contribution in [1.29, 1.82) is 0 Å². The molecule has 2 heterocycles. The van der Waals surface area contributed by atoms with Crippen LogP contribution in [0.25, 0.3) is 21.7 Å². The Labute approximate surface area is 163 Å². The van der Waals surface area contributed by atoms with Crippen LogP contribution in [-0.4, -0.2) is 10.9 Å². The molecule has 4 rings (SSSR count). The van der Waals surface area contributed by atoms with Crippen LogP contribution in [0.15, 0.2) is 66.2 Å². The van der Waals surface area contributed by atoms with Crippen molar-refractivity contribution in [3.05, 3.63) is 71.1 Å². The maximum Gasteiger partial charge on any atom is 0.230 e. The van der Waals surface area contributed by atoms with Gasteiger partial charge in [-0.2, -0.15) is 0 Å². The van der Waals surface area contributed by atoms with Crippen LogP contribution in [0.4, 0.5) is 5.69 Å². The Bertz CT molecular complexity index is 1110. The molecule has 4 aromatic rings. The summed E-state index contributed by atoms with van der Waals surface area (Å²) in [6.07, 6.45) is 3.25. The van der Waals surface area contributed by atoms with Crippen LogP contribution in [0.2, 0.25) is 0 Å². The van der Waals surface area contributed by atoms with E-state index in [0.29, 0.717) is 0 Å². The smallest absolute Gasteiger partial charge is 0.230 e. The molecule has 136 valence electrons. The monoisotopic (exact) mass is 374 g/mol. The summed E-state index contributed by atoms with van der Waals surface area (Å²) in [7, 11) is 0. The normalized spacial score (nSPS) is 13.6. The Morgan fingerprint density at radius 2 is 1.85 bits per heavy atom. The first-order valence-electron chi connectivity index (χ1n) is 9.21. The number of fused-ring (bicyclic) bond motifs is 2. The van der Waals surface area contributed by atoms with Crippen molar-refractivity contribution in [3.8, 4) is 0 Å². The van der Waals surface area contributed by atoms with Gasteiger partial charge in [-0.15, -0.1) is 11.3 Å². The van der Waals surface area contributed by atoms with Crippen LogP contribution < -0.4 is 5.32 Å². The number of nitrogens with one attached hydrogen (secondary N) is 1. The molecule has 3 nitrogen and oxygen atoms in total. The number of benzene rings is 2. The van der Waals surface area contributed by atoms with Crippen molar-refractivity contribution in [3.63, 3.8) is 0 Å². The van der Waals surface area contributed by atoms with E-state index in [1.165, 1.54) is 15.6 Å². The van der Waals surface area contributed by atoms with Crippen molar-refractivity contribution >= 4 is 44.6 Å². The zero-order valence-corrected chi connectivity index (χ0v) is 16.3. The quantitative estimate of drug-likeness (QED) is 0.462. The van der Waals surface area contributed by atoms with Gasteiger partial charge in [0.15, 0.2) is 0 Å². The molecule has 1 N–H and O–H groups in total. The van der Waals surface area contributed by atoms with E-state index in [1.807, 2.05) is 30.3 Å². The molecule has 0 fully saturated rings. The average Bonchev–Trinajstić information content (AvgIpc) is 3.11. The lowest BCUT2D eigenvalue weighted by Crippen LogP contribution is -2.35. The Kier molecular flexibility index (Phi) is 4.66. The van der Waals surface area contributed by atoms with Crippen molar-refractivity contribution in [2.45, 2.75) is 26.7 Å². The van der Waals surface area contributed by atoms with E-state index in [1.54, 1.807) is 17.5 Å². The van der Waals surface area contributed by atoms with Crippen LogP contribution in [0.5, 0.6) is 0 Å². The van der Waals surface area contributed by atoms with Crippen LogP contribution in [-0.2, 0) is 11.2 Å². The molecular weight excluding hydrogens is 352 g/mol. The highest BCUT2D eigenvalue weighted by atomic mass is 32.1. The van der Waals surface area contributed by atoms with Crippen molar-refractivity contribution in [2.75, 3.05) is 5.32 Å². The Morgan fingerprint density at radius 1 is 1.07 bits per heavy atom. The first kappa shape index (κ1) is 17.7. The molecule has 27 heavy (non-hydrogen) atoms. The van der Waals surface area contributed by atoms with Crippen molar-refractivity contribution in [1.82, 2.24) is 4.98 Å². The summed E-state index contributed by atoms with van der Waals surface area (Å²) in [5, 5.41) is 8.84. The second-order valence-corrected chi connectivity index (χ2v) is 8.14. The maximum absolute atomic E-state index is 13.2. The number of thiophene rings is 1. The maximum atomic E-state index is 13.2. The lowest BCUT2D eigenvalue weighted by Gasteiger charge is -2.27. The Morgan fingerprint density at radius 3 is 2.70 bits per heavy atom. The molecule has 0 aliphatic rings. The number of pyridine rings is 1. The molecule has 1 unspecified atom stereocenters. The summed E-state index contributed by atoms with van der Waals surface area (Å²) < 4.78 is 0. The van der Waals surface area contributed by atoms with Gasteiger partial charge in [-0.05, 0) is 41.1 Å². The fourth-order valence-electron chi connectivity index (χ4n) is 3.39. The topological polar surface area (TPSA) is 42.0 Å². The molecule has 0 spiro atoms. The van der Waals surface area contributed by atoms with Gasteiger partial charge in [-0.1, -0.05) is 56.3 Å². The Hall–Kier alpha value is -2.72. The lowest BCUT2D eigenvalue weighted by atomic mass is 9.81. The minimum Gasteiger partial charge on any atom is -0.324 e. The second kappa shape index (κ2) is 7.12. The van der Waals surface area contributed by atoms with Crippen LogP contribution in [0.3, 0.4) is 0 Å². The average molecular weight is 375 g/mol. The largest absolute Gasteiger partial charge is 0.324 e. The molecule has 1 atom stereocenters. The van der Waals surface area contributed by atoms with Crippen LogP contribution >= 0.6 is 11.3 Å². The van der Waals surface area contributed by atoms with Crippen molar-refractivity contribution < 1.29 is 4.79 Å². The summed E-state index contributed by atoms with van der Waals surface area (Å²) in [6, 6.07) is 18.2. The van der Waals surface area contributed by atoms with Gasteiger partial charge in [-0.25, -0.2) is 0 Å². The van der Waals surface area contributed by atoms with Gasteiger partial charge in [0.25, 0.3) is 0 Å². The SMILES string of the molecule is CCC(C)(Cc1scc2ccccc12)C(=O)Nc1cccc2cccnc12. The number of rotatable bonds is 5. The standard InChI is InChI=1S/C23H22N2OS/c1-3-23(2,14-20-18-11-5-4-8-17(18)15-27-20)22(26)25-19-12-6-9-16-10-7-13-24-21(16)19/h4-13,15H,3,14H2,1-2H3,(H,25,26). The Balaban J connectivity index is 1.63. The van der Waals surface area contributed by atoms with Gasteiger partial charge in [0.1, 0.15) is 0 Å². The van der Waals surface area contributed by atoms with Gasteiger partial charge in [0, 0.05) is 16.5 Å². The second-order valence-electron chi connectivity index (χ2n) is 7.17. The number of para-hydroxylation sites is 1. The number of aromatic nitrogens is 1. The van der Waals surface area contributed by atoms with E-state index in [2.05, 4.69) is 53.8 Å². The van der Waals surface area contributed by atoms with E-state index in [4.69, 9.17) is 0 Å². The van der Waals surface area contributed by atoms with Gasteiger partial charge >= 0.3 is 0 Å². The minimum atomic E-state index is -0.482. The molecule has 2 aromatic heterocycles. The third-order valence-electron chi connectivity index (χ3n) is 5.35. The zero-order valence-electron chi connectivity index (χ0n) is 15.5. The summed E-state index contributed by atoms with van der Waals surface area (Å²) >= 11 is 1.74. The van der Waals surface area contributed by atoms with Crippen LogP contribution in [0.1, 0.15) is 25.1 Å². The van der Waals surface area contributed by atoms with E-state index in [9.17, 15) is 4.79 Å². The molecule has 0 aliphatic heterocycles. The number of amides is 1. The highest BCUT2D eigenvalue weighted by Crippen LogP contribution is 2.35. The lowest BCUT2D eigenvalue weighted by molar-refractivity contribution is -0.124. The molecule has 2 aromatic carbocycles. The highest BCUT2D eigenvalue weighted by molar-refractivity contribution is 7.11. The number of carbonyl (C=O) groups is 1. The van der Waals surface area contributed by atoms with Crippen molar-refractivity contribution in [2.24, 2.45) is 5.41 Å². The fourth-order valence-corrected chi connectivity index (χ4v) is 4.58. The van der Waals surface area contributed by atoms with Gasteiger partial charge < -0.3 is 5.32 Å². The number of hydrogen-bond donors (Lipinski definition) is 1. The fraction of sp³-hybridized carbons (Fsp3) is 0.217. The number of hydrogen-bond acceptors (Lipinski definition) is 3. The van der Waals surface area contributed by atoms with Gasteiger partial charge in [0.2, 0.25) is 5.91 Å². The number of carbonyl (C=O) groups excluding carboxylic acids is 1. The zero-order chi connectivity index (χ0) is 18.9. The first-order valence-corrected chi connectivity index (χ1v) is 10.1. The molecule has 1 amide bonds. The molecule has 4 heteroatoms. The molecule has 0 saturated heterocycles. The van der Waals surface area contributed by atoms with E-state index in [0.717, 1.165) is 29.4 Å². The molecule has 0 radical (unpaired) electrons. The molecule has 0 saturated carbocycles. The summed E-state index contributed by atoms with van der Waals surface area (Å²) in [4.78, 5) is 18.9. The van der Waals surface area contributed by atoms with E-state index >= 15 is 0 Å². The predicted octanol–water partition coefficient (Wildman–Crippen LogP) is 6.05. The minimum absolute atomic E-state index is 0.0423. The van der Waals surface area contributed by atoms with Gasteiger partial charge in [-0.3, -0.25) is 9.78 Å². The molecule has 0 aliphatic carbocycles. The molecule has 0 bridgehead atoms. The summed E-state index contributed by atoms with van der Waals surface area (Å²) in [6.45, 7) is 4.13. The van der Waals surface area contributed by atoms with Crippen LogP contribution in [0, 0.1) is 5.41 Å². The summed E-state index contributed by atoms with van der Waals surface area (Å²) in [5.74, 6) is 0.0423. The third-order valence-corrected chi connectivity index (χ3v) is 6.37. The van der Waals surface area contributed by atoms with E-state index in [-0.39, 0.29) is 5.91 Å². The first-order chi connectivity index (χ1) is 13.1. The highest BCUT2D eigenvalue weighted by Gasteiger charge is 2.33. The number of nitrogens with zero attached hydrogens (tertiary/aromatic N) is 1. The number of anilines is 1. The third kappa shape index (κ3) is 3.33. The van der Waals surface area contributed by atoms with E-state index < -0.39 is 5.41 Å².